The summed E-state index contributed by atoms with van der Waals surface area (Å²) >= 11 is 12.7. The Kier molecular flexibility index (Phi) is 8.70. The van der Waals surface area contributed by atoms with Crippen molar-refractivity contribution in [3.8, 4) is 0 Å². The molecule has 222 valence electrons. The number of carbonyl (C=O) groups excluding carboxylic acids is 1. The average Bonchev–Trinajstić information content (AvgIpc) is 3.79. The zero-order chi connectivity index (χ0) is 30.2. The topological polar surface area (TPSA) is 91.8 Å². The van der Waals surface area contributed by atoms with Crippen LogP contribution in [0.5, 0.6) is 0 Å². The van der Waals surface area contributed by atoms with Crippen molar-refractivity contribution in [2.45, 2.75) is 61.9 Å². The number of carboxylic acid groups (broad SMARTS) is 1. The summed E-state index contributed by atoms with van der Waals surface area (Å²) in [6.07, 6.45) is 1.61. The van der Waals surface area contributed by atoms with E-state index in [2.05, 4.69) is 0 Å². The van der Waals surface area contributed by atoms with E-state index in [1.54, 1.807) is 30.0 Å². The Morgan fingerprint density at radius 2 is 1.69 bits per heavy atom. The van der Waals surface area contributed by atoms with Gasteiger partial charge in [0, 0.05) is 22.0 Å². The molecule has 0 aromatic heterocycles. The van der Waals surface area contributed by atoms with Gasteiger partial charge in [-0.1, -0.05) is 54.4 Å². The fourth-order valence-corrected chi connectivity index (χ4v) is 8.36. The molecule has 2 fully saturated rings. The third kappa shape index (κ3) is 6.21. The summed E-state index contributed by atoms with van der Waals surface area (Å²) in [4.78, 5) is 28.6. The van der Waals surface area contributed by atoms with Crippen molar-refractivity contribution in [3.63, 3.8) is 0 Å². The molecule has 1 N–H and O–H groups in total. The van der Waals surface area contributed by atoms with Gasteiger partial charge in [0.2, 0.25) is 5.91 Å². The van der Waals surface area contributed by atoms with E-state index in [0.29, 0.717) is 10.0 Å². The van der Waals surface area contributed by atoms with Crippen LogP contribution in [-0.2, 0) is 19.4 Å². The predicted molar refractivity (Wildman–Crippen MR) is 160 cm³/mol. The second-order valence-electron chi connectivity index (χ2n) is 11.4. The minimum absolute atomic E-state index is 0.0271. The van der Waals surface area contributed by atoms with Crippen LogP contribution in [0.25, 0.3) is 0 Å². The highest BCUT2D eigenvalue weighted by Crippen LogP contribution is 2.55. The van der Waals surface area contributed by atoms with Crippen molar-refractivity contribution >= 4 is 44.9 Å². The Bertz CT molecular complexity index is 1580. The monoisotopic (exact) mass is 631 g/mol. The number of sulfone groups is 1. The Labute approximate surface area is 255 Å². The van der Waals surface area contributed by atoms with E-state index in [0.717, 1.165) is 36.1 Å². The lowest BCUT2D eigenvalue weighted by atomic mass is 9.65. The van der Waals surface area contributed by atoms with E-state index >= 15 is 0 Å². The number of carboxylic acids is 1. The Hall–Kier alpha value is -2.94. The van der Waals surface area contributed by atoms with E-state index in [1.165, 1.54) is 12.1 Å². The molecule has 1 amide bonds. The number of piperidine rings is 1. The summed E-state index contributed by atoms with van der Waals surface area (Å²) < 4.78 is 41.1. The third-order valence-electron chi connectivity index (χ3n) is 8.72. The van der Waals surface area contributed by atoms with Gasteiger partial charge >= 0.3 is 5.97 Å². The summed E-state index contributed by atoms with van der Waals surface area (Å²) in [5.41, 5.74) is 0.343. The maximum absolute atomic E-state index is 14.7. The van der Waals surface area contributed by atoms with Gasteiger partial charge in [-0.15, -0.1) is 0 Å². The number of halogens is 3. The molecule has 42 heavy (non-hydrogen) atoms. The number of nitrogens with zero attached hydrogens (tertiary/aromatic N) is 1. The van der Waals surface area contributed by atoms with Crippen LogP contribution in [-0.4, -0.2) is 42.1 Å². The number of aliphatic carboxylic acids is 1. The van der Waals surface area contributed by atoms with Crippen LogP contribution in [0.3, 0.4) is 0 Å². The summed E-state index contributed by atoms with van der Waals surface area (Å²) in [5.74, 6) is -2.84. The normalized spacial score (nSPS) is 23.5. The molecular formula is C32H32Cl2FNO5S. The Morgan fingerprint density at radius 3 is 2.26 bits per heavy atom. The van der Waals surface area contributed by atoms with Crippen LogP contribution >= 0.6 is 23.2 Å². The number of hydrogen-bond acceptors (Lipinski definition) is 4. The first kappa shape index (κ1) is 30.5. The van der Waals surface area contributed by atoms with Gasteiger partial charge in [0.05, 0.1) is 28.5 Å². The summed E-state index contributed by atoms with van der Waals surface area (Å²) in [6.45, 7) is 1.80. The highest BCUT2D eigenvalue weighted by atomic mass is 35.5. The molecule has 3 aromatic rings. The summed E-state index contributed by atoms with van der Waals surface area (Å²) in [7, 11) is -3.94. The molecule has 1 aliphatic heterocycles. The molecule has 5 rings (SSSR count). The van der Waals surface area contributed by atoms with Crippen LogP contribution in [0, 0.1) is 17.2 Å². The molecule has 1 aliphatic carbocycles. The maximum atomic E-state index is 14.7. The molecule has 2 aliphatic rings. The standard InChI is InChI=1S/C32H32Cl2FNO5S/c1-2-32(18-29(37)38)17-27(22-4-3-5-24(34)16-22)30(21-8-10-23(33)11-9-21)36(31(32)39)28(20-6-7-20)19-42(40,41)26-14-12-25(35)13-15-26/h3-5,8-16,20,27-28,30H,2,6-7,17-19H2,1H3,(H,37,38)/t27-,28-,30-,32-/m1/s1. The van der Waals surface area contributed by atoms with Crippen LogP contribution in [0.2, 0.25) is 10.0 Å². The summed E-state index contributed by atoms with van der Waals surface area (Å²) in [5, 5.41) is 11.0. The molecule has 1 heterocycles. The van der Waals surface area contributed by atoms with Gasteiger partial charge in [-0.25, -0.2) is 12.8 Å². The maximum Gasteiger partial charge on any atom is 0.304 e. The highest BCUT2D eigenvalue weighted by molar-refractivity contribution is 7.91. The van der Waals surface area contributed by atoms with Gasteiger partial charge in [-0.2, -0.15) is 0 Å². The molecule has 3 aromatic carbocycles. The average molecular weight is 633 g/mol. The van der Waals surface area contributed by atoms with Gasteiger partial charge in [0.15, 0.2) is 9.84 Å². The van der Waals surface area contributed by atoms with Crippen LogP contribution in [0.1, 0.15) is 62.1 Å². The zero-order valence-electron chi connectivity index (χ0n) is 23.0. The van der Waals surface area contributed by atoms with Crippen molar-refractivity contribution in [3.05, 3.63) is 99.8 Å². The SMILES string of the molecule is CC[C@]1(CC(=O)O)C[C@H](c2cccc(Cl)c2)[C@@H](c2ccc(Cl)cc2)N([C@H](CS(=O)(=O)c2ccc(F)cc2)C2CC2)C1=O. The minimum Gasteiger partial charge on any atom is -0.481 e. The zero-order valence-corrected chi connectivity index (χ0v) is 25.4. The molecule has 4 atom stereocenters. The fraction of sp³-hybridized carbons (Fsp3) is 0.375. The molecule has 1 saturated carbocycles. The van der Waals surface area contributed by atoms with E-state index in [4.69, 9.17) is 23.2 Å². The third-order valence-corrected chi connectivity index (χ3v) is 11.0. The summed E-state index contributed by atoms with van der Waals surface area (Å²) in [6, 6.07) is 17.8. The smallest absolute Gasteiger partial charge is 0.304 e. The molecule has 0 unspecified atom stereocenters. The molecule has 0 radical (unpaired) electrons. The molecule has 1 saturated heterocycles. The second kappa shape index (κ2) is 12.0. The van der Waals surface area contributed by atoms with E-state index in [-0.39, 0.29) is 47.7 Å². The van der Waals surface area contributed by atoms with Gasteiger partial charge in [0.25, 0.3) is 0 Å². The van der Waals surface area contributed by atoms with Crippen LogP contribution in [0.15, 0.2) is 77.7 Å². The van der Waals surface area contributed by atoms with Crippen molar-refractivity contribution in [2.24, 2.45) is 11.3 Å². The van der Waals surface area contributed by atoms with E-state index < -0.39 is 39.1 Å². The van der Waals surface area contributed by atoms with Gasteiger partial charge in [-0.05, 0) is 91.3 Å². The quantitative estimate of drug-likeness (QED) is 0.237. The van der Waals surface area contributed by atoms with E-state index in [9.17, 15) is 27.5 Å². The van der Waals surface area contributed by atoms with Crippen molar-refractivity contribution in [1.29, 1.82) is 0 Å². The first-order valence-corrected chi connectivity index (χ1v) is 16.4. The first-order valence-electron chi connectivity index (χ1n) is 14.0. The number of likely N-dealkylation sites (tertiary alicyclic amines) is 1. The van der Waals surface area contributed by atoms with E-state index in [1.807, 2.05) is 30.3 Å². The molecule has 0 bridgehead atoms. The predicted octanol–water partition coefficient (Wildman–Crippen LogP) is 7.31. The number of amides is 1. The Morgan fingerprint density at radius 1 is 1.02 bits per heavy atom. The molecule has 6 nitrogen and oxygen atoms in total. The lowest BCUT2D eigenvalue weighted by Crippen LogP contribution is -2.58. The molecule has 0 spiro atoms. The van der Waals surface area contributed by atoms with Gasteiger partial charge in [0.1, 0.15) is 5.82 Å². The highest BCUT2D eigenvalue weighted by Gasteiger charge is 2.56. The molecule has 10 heteroatoms. The van der Waals surface area contributed by atoms with Crippen molar-refractivity contribution in [1.82, 2.24) is 4.90 Å². The van der Waals surface area contributed by atoms with Crippen molar-refractivity contribution in [2.75, 3.05) is 5.75 Å². The first-order chi connectivity index (χ1) is 19.9. The lowest BCUT2D eigenvalue weighted by Gasteiger charge is -2.53. The number of rotatable bonds is 10. The fourth-order valence-electron chi connectivity index (χ4n) is 6.41. The van der Waals surface area contributed by atoms with Gasteiger partial charge < -0.3 is 10.0 Å². The lowest BCUT2D eigenvalue weighted by molar-refractivity contribution is -0.162. The minimum atomic E-state index is -3.94. The second-order valence-corrected chi connectivity index (χ2v) is 14.3. The Balaban J connectivity index is 1.70. The van der Waals surface area contributed by atoms with Crippen molar-refractivity contribution < 1.29 is 27.5 Å². The largest absolute Gasteiger partial charge is 0.481 e. The van der Waals surface area contributed by atoms with Gasteiger partial charge in [-0.3, -0.25) is 9.59 Å². The molecular weight excluding hydrogens is 600 g/mol. The number of carbonyl (C=O) groups is 2. The number of benzene rings is 3. The number of hydrogen-bond donors (Lipinski definition) is 1. The van der Waals surface area contributed by atoms with Crippen LogP contribution < -0.4 is 0 Å². The van der Waals surface area contributed by atoms with Crippen LogP contribution in [0.4, 0.5) is 4.39 Å².